The topological polar surface area (TPSA) is 73.8 Å². The van der Waals surface area contributed by atoms with E-state index in [4.69, 9.17) is 37.9 Å². The van der Waals surface area contributed by atoms with Crippen LogP contribution in [0.3, 0.4) is 0 Å². The van der Waals surface area contributed by atoms with Gasteiger partial charge in [0.1, 0.15) is 23.0 Å². The molecule has 0 N–H and O–H groups in total. The second-order valence-electron chi connectivity index (χ2n) is 31.4. The van der Waals surface area contributed by atoms with E-state index in [1.165, 1.54) is 21.2 Å². The number of rotatable bonds is 11. The number of fused-ring (bicyclic) bond motifs is 2. The molecule has 490 valence electrons. The molecule has 0 aromatic heterocycles. The van der Waals surface area contributed by atoms with Crippen LogP contribution in [-0.4, -0.2) is 42.0 Å². The van der Waals surface area contributed by atoms with Gasteiger partial charge in [-0.15, -0.1) is 0 Å². The van der Waals surface area contributed by atoms with E-state index in [2.05, 4.69) is 257 Å². The number of hydrogen-bond acceptors (Lipinski definition) is 8. The molecular formula is C74H100Au2Cl2O8P2. The van der Waals surface area contributed by atoms with Crippen molar-refractivity contribution in [3.05, 3.63) is 117 Å². The summed E-state index contributed by atoms with van der Waals surface area (Å²) in [7, 11) is 13.5. The third-order valence-corrected chi connectivity index (χ3v) is 21.2. The molecule has 14 heteroatoms. The van der Waals surface area contributed by atoms with Crippen LogP contribution in [0.1, 0.15) is 211 Å². The summed E-state index contributed by atoms with van der Waals surface area (Å²) in [6.45, 7) is 55.2. The molecule has 2 aliphatic rings. The fourth-order valence-corrected chi connectivity index (χ4v) is 17.0. The van der Waals surface area contributed by atoms with E-state index in [9.17, 15) is 0 Å². The van der Waals surface area contributed by atoms with Gasteiger partial charge in [0.25, 0.3) is 0 Å². The summed E-state index contributed by atoms with van der Waals surface area (Å²) in [5.74, 6) is 6.42. The molecule has 8 rings (SSSR count). The van der Waals surface area contributed by atoms with Crippen molar-refractivity contribution in [3.63, 3.8) is 0 Å². The normalized spacial score (nSPS) is 13.7. The maximum atomic E-state index is 6.98. The summed E-state index contributed by atoms with van der Waals surface area (Å²) >= 11 is 3.50. The van der Waals surface area contributed by atoms with E-state index in [0.717, 1.165) is 89.2 Å². The molecule has 0 spiro atoms. The molecular weight excluding hydrogens is 1540 g/mol. The summed E-state index contributed by atoms with van der Waals surface area (Å²) in [4.78, 5) is 0. The fourth-order valence-electron chi connectivity index (χ4n) is 11.9. The number of benzene rings is 6. The first kappa shape index (κ1) is 73.7. The van der Waals surface area contributed by atoms with Gasteiger partial charge in [0, 0.05) is 55.6 Å². The Morgan fingerprint density at radius 2 is 0.489 bits per heavy atom. The number of hydrogen-bond donors (Lipinski definition) is 0. The van der Waals surface area contributed by atoms with Crippen molar-refractivity contribution in [1.29, 1.82) is 0 Å². The van der Waals surface area contributed by atoms with E-state index < -0.39 is 15.8 Å². The molecule has 0 radical (unpaired) electrons. The zero-order chi connectivity index (χ0) is 66.6. The summed E-state index contributed by atoms with van der Waals surface area (Å²) < 4.78 is 53.1. The Kier molecular flexibility index (Phi) is 22.9. The molecule has 6 aromatic carbocycles. The van der Waals surface area contributed by atoms with E-state index in [1.54, 1.807) is 40.0 Å². The van der Waals surface area contributed by atoms with Crippen molar-refractivity contribution in [2.24, 2.45) is 0 Å². The summed E-state index contributed by atoms with van der Waals surface area (Å²) in [6.07, 6.45) is 0. The van der Waals surface area contributed by atoms with E-state index in [-0.39, 0.29) is 56.9 Å². The van der Waals surface area contributed by atoms with Crippen molar-refractivity contribution >= 4 is 66.0 Å². The van der Waals surface area contributed by atoms with Crippen LogP contribution in [0.25, 0.3) is 11.1 Å². The van der Waals surface area contributed by atoms with Crippen molar-refractivity contribution < 1.29 is 77.9 Å². The first-order valence-electron chi connectivity index (χ1n) is 30.2. The predicted octanol–water partition coefficient (Wildman–Crippen LogP) is 18.1. The minimum absolute atomic E-state index is 0.0701. The fraction of sp³-hybridized carbons (Fsp3) is 0.514. The molecule has 0 amide bonds. The Morgan fingerprint density at radius 3 is 0.648 bits per heavy atom. The quantitative estimate of drug-likeness (QED) is 0.0938. The zero-order valence-corrected chi connectivity index (χ0v) is 65.5. The summed E-state index contributed by atoms with van der Waals surface area (Å²) in [5.41, 5.74) is 8.79. The molecule has 0 aliphatic carbocycles. The SMILES string of the molecule is COc1c(C(C)(C)C)cc(P(c2cc(C(C)(C)C)c(OC)c(C(C)(C)C)c2)c2ccc3c(c2-c2c(P(c4cc(C(C)(C)C)c(OC)c(C(C)(C)C)c4)c4cc(C(C)(C)C)c(OC)c(C(C)(C)C)c4)ccc4c2OCO4)OCO3)cc1C(C)(C)C.[Cl][Au].[Cl][Au]. The van der Waals surface area contributed by atoms with E-state index in [1.807, 2.05) is 28.4 Å². The molecule has 0 unspecified atom stereocenters. The molecule has 2 aliphatic heterocycles. The third-order valence-electron chi connectivity index (χ3n) is 16.4. The van der Waals surface area contributed by atoms with Gasteiger partial charge in [0.05, 0.1) is 28.4 Å². The van der Waals surface area contributed by atoms with Gasteiger partial charge < -0.3 is 37.9 Å². The Morgan fingerprint density at radius 1 is 0.307 bits per heavy atom. The van der Waals surface area contributed by atoms with Crippen LogP contribution >= 0.6 is 34.2 Å². The first-order valence-corrected chi connectivity index (χ1v) is 38.2. The van der Waals surface area contributed by atoms with Crippen LogP contribution in [-0.2, 0) is 83.3 Å². The molecule has 6 aromatic rings. The number of ether oxygens (including phenoxy) is 8. The van der Waals surface area contributed by atoms with E-state index >= 15 is 0 Å². The van der Waals surface area contributed by atoms with Gasteiger partial charge in [0.2, 0.25) is 13.6 Å². The second kappa shape index (κ2) is 27.3. The van der Waals surface area contributed by atoms with E-state index in [0.29, 0.717) is 23.0 Å². The monoisotopic (exact) mass is 1640 g/mol. The van der Waals surface area contributed by atoms with Crippen molar-refractivity contribution in [1.82, 2.24) is 0 Å². The Labute approximate surface area is 565 Å². The van der Waals surface area contributed by atoms with Gasteiger partial charge in [-0.3, -0.25) is 0 Å². The summed E-state index contributed by atoms with van der Waals surface area (Å²) in [5, 5.41) is 6.98. The first-order chi connectivity index (χ1) is 40.6. The van der Waals surface area contributed by atoms with Gasteiger partial charge in [-0.1, -0.05) is 166 Å². The molecule has 8 nitrogen and oxygen atoms in total. The van der Waals surface area contributed by atoms with Crippen molar-refractivity contribution in [2.45, 2.75) is 209 Å². The van der Waals surface area contributed by atoms with Gasteiger partial charge in [-0.2, -0.15) is 0 Å². The predicted molar refractivity (Wildman–Crippen MR) is 369 cm³/mol. The van der Waals surface area contributed by atoms with Gasteiger partial charge >= 0.3 is 58.4 Å². The standard InChI is InChI=1S/C74H100O8P2.2Au.2ClH/c1-67(2,3)47-33-43(34-48(61(47)75-25)68(4,5)6)83(44-35-49(69(7,8)9)62(76-26)50(36-44)70(10,11)12)57-31-29-55-65(81-41-79-55)59(57)60-58(32-30-56-66(60)82-42-80-56)84(45-37-51(71(13,14)15)63(77-27)52(38-45)72(16,17)18)46-39-53(73(19,20)21)64(78-28)54(40-46)74(22,23)24;;;;/h29-40H,41-42H2,1-28H3;;;2*1H/q;2*+1;;/p-2. The molecule has 0 saturated heterocycles. The molecule has 0 bridgehead atoms. The average Bonchev–Trinajstić information content (AvgIpc) is 1.38. The van der Waals surface area contributed by atoms with Crippen LogP contribution in [0.5, 0.6) is 46.0 Å². The third kappa shape index (κ3) is 15.2. The number of methoxy groups -OCH3 is 4. The molecule has 0 saturated carbocycles. The zero-order valence-electron chi connectivity index (χ0n) is 57.9. The molecule has 2 heterocycles. The average molecular weight is 1640 g/mol. The van der Waals surface area contributed by atoms with Gasteiger partial charge in [0.15, 0.2) is 23.0 Å². The van der Waals surface area contributed by atoms with Crippen LogP contribution in [0.4, 0.5) is 0 Å². The van der Waals surface area contributed by atoms with Crippen molar-refractivity contribution in [2.75, 3.05) is 42.0 Å². The maximum absolute atomic E-state index is 6.98. The van der Waals surface area contributed by atoms with Gasteiger partial charge in [-0.05, 0) is 164 Å². The van der Waals surface area contributed by atoms with Gasteiger partial charge in [-0.25, -0.2) is 0 Å². The van der Waals surface area contributed by atoms with Crippen molar-refractivity contribution in [3.8, 4) is 57.1 Å². The van der Waals surface area contributed by atoms with Crippen LogP contribution in [0.15, 0.2) is 72.8 Å². The molecule has 0 atom stereocenters. The van der Waals surface area contributed by atoms with Crippen LogP contribution in [0, 0.1) is 0 Å². The summed E-state index contributed by atoms with van der Waals surface area (Å²) in [6, 6.07) is 28.4. The Bertz CT molecular complexity index is 2960. The molecule has 88 heavy (non-hydrogen) atoms. The molecule has 0 fully saturated rings. The Hall–Kier alpha value is -3.36. The van der Waals surface area contributed by atoms with Crippen LogP contribution in [0.2, 0.25) is 0 Å². The number of halogens is 2. The second-order valence-corrected chi connectivity index (χ2v) is 35.7. The Balaban J connectivity index is 0.00000303. The van der Waals surface area contributed by atoms with Crippen LogP contribution < -0.4 is 69.7 Å². The minimum atomic E-state index is -1.50.